The summed E-state index contributed by atoms with van der Waals surface area (Å²) in [6.45, 7) is 4.58. The van der Waals surface area contributed by atoms with Crippen molar-refractivity contribution in [3.8, 4) is 5.75 Å². The molecule has 2 rings (SSSR count). The quantitative estimate of drug-likeness (QED) is 0.920. The molecule has 1 aliphatic rings. The molecule has 0 saturated carbocycles. The van der Waals surface area contributed by atoms with Crippen LogP contribution in [-0.4, -0.2) is 31.0 Å². The number of ether oxygens (including phenoxy) is 1. The van der Waals surface area contributed by atoms with Crippen molar-refractivity contribution >= 4 is 21.8 Å². The van der Waals surface area contributed by atoms with Crippen molar-refractivity contribution in [1.82, 2.24) is 4.90 Å². The van der Waals surface area contributed by atoms with Crippen LogP contribution in [0.1, 0.15) is 12.5 Å². The Morgan fingerprint density at radius 1 is 1.53 bits per heavy atom. The number of hydrogen-bond donors (Lipinski definition) is 1. The fraction of sp³-hybridized carbons (Fsp3) is 0.500. The summed E-state index contributed by atoms with van der Waals surface area (Å²) in [5.41, 5.74) is 6.62. The summed E-state index contributed by atoms with van der Waals surface area (Å²) < 4.78 is 6.16. The minimum absolute atomic E-state index is 0.0262. The van der Waals surface area contributed by atoms with Crippen LogP contribution < -0.4 is 10.5 Å². The Morgan fingerprint density at radius 2 is 2.26 bits per heavy atom. The van der Waals surface area contributed by atoms with E-state index in [9.17, 15) is 4.79 Å². The number of carbonyl (C=O) groups excluding carboxylic acids is 1. The van der Waals surface area contributed by atoms with Crippen molar-refractivity contribution in [3.63, 3.8) is 0 Å². The minimum Gasteiger partial charge on any atom is -0.496 e. The van der Waals surface area contributed by atoms with E-state index < -0.39 is 0 Å². The zero-order valence-electron chi connectivity index (χ0n) is 11.2. The second-order valence-electron chi connectivity index (χ2n) is 5.15. The Morgan fingerprint density at radius 3 is 2.79 bits per heavy atom. The van der Waals surface area contributed by atoms with E-state index in [0.717, 1.165) is 29.9 Å². The Balaban J connectivity index is 2.03. The van der Waals surface area contributed by atoms with Gasteiger partial charge in [-0.25, -0.2) is 0 Å². The highest BCUT2D eigenvalue weighted by Gasteiger charge is 2.33. The molecular formula is C14H19BrN2O2. The summed E-state index contributed by atoms with van der Waals surface area (Å²) in [5, 5.41) is 0. The van der Waals surface area contributed by atoms with Crippen LogP contribution in [0, 0.1) is 11.8 Å². The number of carbonyl (C=O) groups is 1. The van der Waals surface area contributed by atoms with E-state index in [1.54, 1.807) is 7.11 Å². The van der Waals surface area contributed by atoms with Crippen molar-refractivity contribution in [2.45, 2.75) is 13.5 Å². The molecule has 2 N–H and O–H groups in total. The average Bonchev–Trinajstić information content (AvgIpc) is 2.70. The molecule has 1 saturated heterocycles. The summed E-state index contributed by atoms with van der Waals surface area (Å²) in [6.07, 6.45) is 0. The van der Waals surface area contributed by atoms with Gasteiger partial charge in [0.25, 0.3) is 0 Å². The number of halogens is 1. The Kier molecular flexibility index (Phi) is 4.47. The predicted octanol–water partition coefficient (Wildman–Crippen LogP) is 2.01. The molecule has 1 amide bonds. The molecular weight excluding hydrogens is 308 g/mol. The van der Waals surface area contributed by atoms with Crippen molar-refractivity contribution in [1.29, 1.82) is 0 Å². The Bertz CT molecular complexity index is 479. The van der Waals surface area contributed by atoms with Crippen LogP contribution in [0.25, 0.3) is 0 Å². The zero-order valence-corrected chi connectivity index (χ0v) is 12.8. The summed E-state index contributed by atoms with van der Waals surface area (Å²) in [6, 6.07) is 6.05. The molecule has 1 heterocycles. The lowest BCUT2D eigenvalue weighted by atomic mass is 9.98. The third kappa shape index (κ3) is 3.28. The Labute approximate surface area is 122 Å². The third-order valence-corrected chi connectivity index (χ3v) is 4.30. The van der Waals surface area contributed by atoms with Crippen molar-refractivity contribution in [2.75, 3.05) is 20.2 Å². The number of rotatable bonds is 4. The van der Waals surface area contributed by atoms with E-state index >= 15 is 0 Å². The number of nitrogens with two attached hydrogens (primary N) is 1. The van der Waals surface area contributed by atoms with Gasteiger partial charge in [0.05, 0.1) is 17.5 Å². The number of methoxy groups -OCH3 is 1. The molecule has 4 nitrogen and oxygen atoms in total. The number of amides is 1. The highest BCUT2D eigenvalue weighted by atomic mass is 79.9. The average molecular weight is 327 g/mol. The predicted molar refractivity (Wildman–Crippen MR) is 77.8 cm³/mol. The first-order chi connectivity index (χ1) is 9.01. The summed E-state index contributed by atoms with van der Waals surface area (Å²) in [4.78, 5) is 13.6. The van der Waals surface area contributed by atoms with Gasteiger partial charge in [-0.3, -0.25) is 9.69 Å². The van der Waals surface area contributed by atoms with E-state index in [4.69, 9.17) is 10.5 Å². The maximum Gasteiger partial charge on any atom is 0.222 e. The number of benzene rings is 1. The lowest BCUT2D eigenvalue weighted by Gasteiger charge is -2.16. The van der Waals surface area contributed by atoms with Crippen molar-refractivity contribution in [2.24, 2.45) is 17.6 Å². The molecule has 1 aromatic rings. The fourth-order valence-electron chi connectivity index (χ4n) is 2.63. The lowest BCUT2D eigenvalue weighted by molar-refractivity contribution is -0.122. The molecule has 1 aliphatic heterocycles. The first-order valence-electron chi connectivity index (χ1n) is 6.35. The summed E-state index contributed by atoms with van der Waals surface area (Å²) in [7, 11) is 1.65. The maximum absolute atomic E-state index is 11.3. The topological polar surface area (TPSA) is 55.6 Å². The van der Waals surface area contributed by atoms with Crippen LogP contribution in [0.2, 0.25) is 0 Å². The van der Waals surface area contributed by atoms with E-state index in [1.165, 1.54) is 5.56 Å². The molecule has 0 radical (unpaired) electrons. The first kappa shape index (κ1) is 14.3. The van der Waals surface area contributed by atoms with Gasteiger partial charge in [0, 0.05) is 19.6 Å². The number of primary amides is 1. The first-order valence-corrected chi connectivity index (χ1v) is 7.14. The fourth-order valence-corrected chi connectivity index (χ4v) is 3.22. The highest BCUT2D eigenvalue weighted by Crippen LogP contribution is 2.28. The molecule has 104 valence electrons. The largest absolute Gasteiger partial charge is 0.496 e. The van der Waals surface area contributed by atoms with Crippen LogP contribution in [0.4, 0.5) is 0 Å². The van der Waals surface area contributed by atoms with Gasteiger partial charge in [0.2, 0.25) is 5.91 Å². The van der Waals surface area contributed by atoms with Crippen LogP contribution >= 0.6 is 15.9 Å². The highest BCUT2D eigenvalue weighted by molar-refractivity contribution is 9.10. The van der Waals surface area contributed by atoms with Gasteiger partial charge in [-0.05, 0) is 39.5 Å². The van der Waals surface area contributed by atoms with Crippen LogP contribution in [0.15, 0.2) is 22.7 Å². The van der Waals surface area contributed by atoms with Gasteiger partial charge in [0.1, 0.15) is 5.75 Å². The summed E-state index contributed by atoms with van der Waals surface area (Å²) >= 11 is 3.49. The molecule has 0 bridgehead atoms. The number of hydrogen-bond acceptors (Lipinski definition) is 3. The SMILES string of the molecule is COc1ccc(CN2C[C@@H](C)[C@H](C(N)=O)C2)cc1Br. The van der Waals surface area contributed by atoms with E-state index in [1.807, 2.05) is 12.1 Å². The monoisotopic (exact) mass is 326 g/mol. The molecule has 19 heavy (non-hydrogen) atoms. The van der Waals surface area contributed by atoms with Gasteiger partial charge < -0.3 is 10.5 Å². The molecule has 1 aromatic carbocycles. The van der Waals surface area contributed by atoms with Gasteiger partial charge in [0.15, 0.2) is 0 Å². The van der Waals surface area contributed by atoms with E-state index in [-0.39, 0.29) is 11.8 Å². The second-order valence-corrected chi connectivity index (χ2v) is 6.00. The molecule has 0 unspecified atom stereocenters. The molecule has 1 fully saturated rings. The Hall–Kier alpha value is -1.07. The van der Waals surface area contributed by atoms with Crippen molar-refractivity contribution in [3.05, 3.63) is 28.2 Å². The molecule has 0 aliphatic carbocycles. The zero-order chi connectivity index (χ0) is 14.0. The van der Waals surface area contributed by atoms with Gasteiger partial charge in [-0.15, -0.1) is 0 Å². The van der Waals surface area contributed by atoms with Gasteiger partial charge >= 0.3 is 0 Å². The van der Waals surface area contributed by atoms with Crippen LogP contribution in [0.3, 0.4) is 0 Å². The molecule has 0 aromatic heterocycles. The summed E-state index contributed by atoms with van der Waals surface area (Å²) in [5.74, 6) is 0.945. The van der Waals surface area contributed by atoms with Gasteiger partial charge in [-0.2, -0.15) is 0 Å². The van der Waals surface area contributed by atoms with Crippen molar-refractivity contribution < 1.29 is 9.53 Å². The lowest BCUT2D eigenvalue weighted by Crippen LogP contribution is -2.29. The van der Waals surface area contributed by atoms with Crippen LogP contribution in [-0.2, 0) is 11.3 Å². The molecule has 5 heteroatoms. The smallest absolute Gasteiger partial charge is 0.222 e. The third-order valence-electron chi connectivity index (χ3n) is 3.68. The molecule has 0 spiro atoms. The van der Waals surface area contributed by atoms with Gasteiger partial charge in [-0.1, -0.05) is 13.0 Å². The number of likely N-dealkylation sites (tertiary alicyclic amines) is 1. The normalized spacial score (nSPS) is 23.5. The van der Waals surface area contributed by atoms with E-state index in [0.29, 0.717) is 5.92 Å². The number of nitrogens with zero attached hydrogens (tertiary/aromatic N) is 1. The minimum atomic E-state index is -0.189. The molecule has 2 atom stereocenters. The maximum atomic E-state index is 11.3. The van der Waals surface area contributed by atoms with Crippen LogP contribution in [0.5, 0.6) is 5.75 Å². The van der Waals surface area contributed by atoms with E-state index in [2.05, 4.69) is 33.8 Å². The standard InChI is InChI=1S/C14H19BrN2O2/c1-9-6-17(8-11(9)14(16)18)7-10-3-4-13(19-2)12(15)5-10/h3-5,9,11H,6-8H2,1-2H3,(H2,16,18)/t9-,11-/m1/s1. The second kappa shape index (κ2) is 5.92.